The molecule has 0 saturated carbocycles. The zero-order valence-electron chi connectivity index (χ0n) is 12.6. The maximum Gasteiger partial charge on any atom is 0.0251 e. The smallest absolute Gasteiger partial charge is 0.0251 e. The number of rotatable bonds is 1. The lowest BCUT2D eigenvalue weighted by atomic mass is 9.70. The summed E-state index contributed by atoms with van der Waals surface area (Å²) in [5, 5.41) is 3.76. The maximum atomic E-state index is 3.76. The molecule has 1 aliphatic rings. The molecular formula is C19H23N. The molecule has 20 heavy (non-hydrogen) atoms. The minimum atomic E-state index is 0.230. The molecule has 0 aromatic heterocycles. The SMILES string of the molecule is CC(C)(C)C1NCc2ccccc2C1c1ccccc1. The second-order valence-corrected chi connectivity index (χ2v) is 6.81. The van der Waals surface area contributed by atoms with E-state index in [0.29, 0.717) is 12.0 Å². The fourth-order valence-corrected chi connectivity index (χ4v) is 3.35. The Morgan fingerprint density at radius 3 is 2.25 bits per heavy atom. The fourth-order valence-electron chi connectivity index (χ4n) is 3.35. The second-order valence-electron chi connectivity index (χ2n) is 6.81. The number of nitrogens with one attached hydrogen (secondary N) is 1. The molecule has 1 nitrogen and oxygen atoms in total. The summed E-state index contributed by atoms with van der Waals surface area (Å²) in [7, 11) is 0. The van der Waals surface area contributed by atoms with Crippen LogP contribution in [0.3, 0.4) is 0 Å². The lowest BCUT2D eigenvalue weighted by molar-refractivity contribution is 0.233. The van der Waals surface area contributed by atoms with Gasteiger partial charge in [-0.15, -0.1) is 0 Å². The molecule has 2 aromatic rings. The van der Waals surface area contributed by atoms with Crippen LogP contribution in [0.5, 0.6) is 0 Å². The average Bonchev–Trinajstić information content (AvgIpc) is 2.46. The monoisotopic (exact) mass is 265 g/mol. The Morgan fingerprint density at radius 2 is 1.55 bits per heavy atom. The highest BCUT2D eigenvalue weighted by Crippen LogP contribution is 2.40. The first-order valence-corrected chi connectivity index (χ1v) is 7.43. The number of benzene rings is 2. The highest BCUT2D eigenvalue weighted by atomic mass is 14.9. The van der Waals surface area contributed by atoms with Gasteiger partial charge >= 0.3 is 0 Å². The van der Waals surface area contributed by atoms with E-state index in [-0.39, 0.29) is 5.41 Å². The van der Waals surface area contributed by atoms with Gasteiger partial charge in [0.1, 0.15) is 0 Å². The zero-order valence-corrected chi connectivity index (χ0v) is 12.6. The molecule has 0 fully saturated rings. The summed E-state index contributed by atoms with van der Waals surface area (Å²) >= 11 is 0. The third-order valence-corrected chi connectivity index (χ3v) is 4.33. The Bertz CT molecular complexity index is 580. The van der Waals surface area contributed by atoms with Crippen LogP contribution in [0.2, 0.25) is 0 Å². The quantitative estimate of drug-likeness (QED) is 0.809. The Kier molecular flexibility index (Phi) is 3.39. The van der Waals surface area contributed by atoms with Crippen molar-refractivity contribution in [2.75, 3.05) is 0 Å². The Labute approximate surface area is 122 Å². The van der Waals surface area contributed by atoms with Crippen molar-refractivity contribution in [3.05, 3.63) is 71.3 Å². The van der Waals surface area contributed by atoms with E-state index in [1.807, 2.05) is 0 Å². The fraction of sp³-hybridized carbons (Fsp3) is 0.368. The van der Waals surface area contributed by atoms with E-state index < -0.39 is 0 Å². The summed E-state index contributed by atoms with van der Waals surface area (Å²) in [5.74, 6) is 0.432. The van der Waals surface area contributed by atoms with Crippen LogP contribution in [0.1, 0.15) is 43.4 Å². The topological polar surface area (TPSA) is 12.0 Å². The minimum absolute atomic E-state index is 0.230. The van der Waals surface area contributed by atoms with E-state index in [4.69, 9.17) is 0 Å². The summed E-state index contributed by atoms with van der Waals surface area (Å²) < 4.78 is 0. The molecule has 0 spiro atoms. The molecule has 0 radical (unpaired) electrons. The van der Waals surface area contributed by atoms with Crippen LogP contribution in [0, 0.1) is 5.41 Å². The average molecular weight is 265 g/mol. The summed E-state index contributed by atoms with van der Waals surface area (Å²) in [6, 6.07) is 20.2. The van der Waals surface area contributed by atoms with Gasteiger partial charge < -0.3 is 5.32 Å². The predicted molar refractivity (Wildman–Crippen MR) is 84.8 cm³/mol. The van der Waals surface area contributed by atoms with Crippen LogP contribution in [0.15, 0.2) is 54.6 Å². The summed E-state index contributed by atoms with van der Waals surface area (Å²) in [5.41, 5.74) is 4.56. The van der Waals surface area contributed by atoms with Gasteiger partial charge in [0.25, 0.3) is 0 Å². The lowest BCUT2D eigenvalue weighted by Crippen LogP contribution is -2.48. The summed E-state index contributed by atoms with van der Waals surface area (Å²) in [6.07, 6.45) is 0. The van der Waals surface area contributed by atoms with Crippen molar-refractivity contribution in [3.8, 4) is 0 Å². The molecule has 2 aromatic carbocycles. The van der Waals surface area contributed by atoms with Crippen molar-refractivity contribution in [2.45, 2.75) is 39.3 Å². The highest BCUT2D eigenvalue weighted by molar-refractivity contribution is 5.42. The highest BCUT2D eigenvalue weighted by Gasteiger charge is 2.37. The third-order valence-electron chi connectivity index (χ3n) is 4.33. The molecule has 2 atom stereocenters. The number of hydrogen-bond donors (Lipinski definition) is 1. The van der Waals surface area contributed by atoms with Gasteiger partial charge in [-0.2, -0.15) is 0 Å². The van der Waals surface area contributed by atoms with Crippen LogP contribution in [-0.2, 0) is 6.54 Å². The Morgan fingerprint density at radius 1 is 0.900 bits per heavy atom. The van der Waals surface area contributed by atoms with Gasteiger partial charge in [0.15, 0.2) is 0 Å². The summed E-state index contributed by atoms with van der Waals surface area (Å²) in [6.45, 7) is 7.96. The van der Waals surface area contributed by atoms with Crippen LogP contribution >= 0.6 is 0 Å². The van der Waals surface area contributed by atoms with E-state index in [2.05, 4.69) is 80.7 Å². The van der Waals surface area contributed by atoms with Gasteiger partial charge in [0, 0.05) is 18.5 Å². The van der Waals surface area contributed by atoms with E-state index in [1.165, 1.54) is 16.7 Å². The van der Waals surface area contributed by atoms with E-state index in [0.717, 1.165) is 6.54 Å². The van der Waals surface area contributed by atoms with Crippen molar-refractivity contribution < 1.29 is 0 Å². The molecule has 2 unspecified atom stereocenters. The first-order chi connectivity index (χ1) is 9.57. The van der Waals surface area contributed by atoms with Crippen LogP contribution in [0.4, 0.5) is 0 Å². The van der Waals surface area contributed by atoms with Crippen molar-refractivity contribution >= 4 is 0 Å². The molecule has 1 heteroatoms. The number of fused-ring (bicyclic) bond motifs is 1. The van der Waals surface area contributed by atoms with Crippen molar-refractivity contribution in [1.29, 1.82) is 0 Å². The molecule has 1 aliphatic heterocycles. The van der Waals surface area contributed by atoms with Gasteiger partial charge in [-0.1, -0.05) is 75.4 Å². The van der Waals surface area contributed by atoms with Gasteiger partial charge in [-0.25, -0.2) is 0 Å². The number of hydrogen-bond acceptors (Lipinski definition) is 1. The molecule has 104 valence electrons. The predicted octanol–water partition coefficient (Wildman–Crippen LogP) is 4.34. The Balaban J connectivity index is 2.13. The van der Waals surface area contributed by atoms with Crippen molar-refractivity contribution in [3.63, 3.8) is 0 Å². The van der Waals surface area contributed by atoms with Gasteiger partial charge in [0.05, 0.1) is 0 Å². The van der Waals surface area contributed by atoms with Crippen LogP contribution < -0.4 is 5.32 Å². The van der Waals surface area contributed by atoms with E-state index in [9.17, 15) is 0 Å². The largest absolute Gasteiger partial charge is 0.308 e. The van der Waals surface area contributed by atoms with Crippen molar-refractivity contribution in [2.24, 2.45) is 5.41 Å². The third kappa shape index (κ3) is 2.38. The zero-order chi connectivity index (χ0) is 14.2. The van der Waals surface area contributed by atoms with Gasteiger partial charge in [0.2, 0.25) is 0 Å². The molecule has 1 heterocycles. The molecule has 0 saturated heterocycles. The van der Waals surface area contributed by atoms with Crippen LogP contribution in [0.25, 0.3) is 0 Å². The minimum Gasteiger partial charge on any atom is -0.308 e. The van der Waals surface area contributed by atoms with Gasteiger partial charge in [-0.3, -0.25) is 0 Å². The first-order valence-electron chi connectivity index (χ1n) is 7.43. The first kappa shape index (κ1) is 13.4. The molecular weight excluding hydrogens is 242 g/mol. The maximum absolute atomic E-state index is 3.76. The van der Waals surface area contributed by atoms with E-state index >= 15 is 0 Å². The molecule has 3 rings (SSSR count). The Hall–Kier alpha value is -1.60. The molecule has 0 bridgehead atoms. The standard InChI is InChI=1S/C19H23N/c1-19(2,3)18-17(14-9-5-4-6-10-14)16-12-8-7-11-15(16)13-20-18/h4-12,17-18,20H,13H2,1-3H3. The van der Waals surface area contributed by atoms with Crippen molar-refractivity contribution in [1.82, 2.24) is 5.32 Å². The molecule has 0 aliphatic carbocycles. The van der Waals surface area contributed by atoms with E-state index in [1.54, 1.807) is 0 Å². The molecule has 1 N–H and O–H groups in total. The van der Waals surface area contributed by atoms with Crippen LogP contribution in [-0.4, -0.2) is 6.04 Å². The normalized spacial score (nSPS) is 22.4. The summed E-state index contributed by atoms with van der Waals surface area (Å²) in [4.78, 5) is 0. The van der Waals surface area contributed by atoms with Gasteiger partial charge in [-0.05, 0) is 22.1 Å². The lowest BCUT2D eigenvalue weighted by Gasteiger charge is -2.42. The second kappa shape index (κ2) is 5.06. The molecule has 0 amide bonds.